The summed E-state index contributed by atoms with van der Waals surface area (Å²) >= 11 is 0. The van der Waals surface area contributed by atoms with Gasteiger partial charge in [0, 0.05) is 12.8 Å². The molecule has 1 saturated carbocycles. The van der Waals surface area contributed by atoms with Crippen LogP contribution in [0.4, 0.5) is 0 Å². The van der Waals surface area contributed by atoms with E-state index in [-0.39, 0.29) is 12.8 Å². The number of allylic oxidation sites excluding steroid dienone is 12. The molecular formula is C47H75O15P. The van der Waals surface area contributed by atoms with Gasteiger partial charge in [-0.3, -0.25) is 18.6 Å². The molecule has 1 rings (SSSR count). The van der Waals surface area contributed by atoms with Crippen molar-refractivity contribution in [2.45, 2.75) is 172 Å². The van der Waals surface area contributed by atoms with Crippen LogP contribution in [0, 0.1) is 0 Å². The molecule has 0 aromatic rings. The van der Waals surface area contributed by atoms with E-state index >= 15 is 0 Å². The molecule has 0 bridgehead atoms. The van der Waals surface area contributed by atoms with Crippen molar-refractivity contribution in [2.24, 2.45) is 0 Å². The van der Waals surface area contributed by atoms with Gasteiger partial charge in [-0.05, 0) is 64.2 Å². The Morgan fingerprint density at radius 3 is 1.87 bits per heavy atom. The predicted molar refractivity (Wildman–Crippen MR) is 242 cm³/mol. The molecule has 16 heteroatoms. The maximum absolute atomic E-state index is 12.8. The summed E-state index contributed by atoms with van der Waals surface area (Å²) in [6.45, 7) is 2.84. The highest BCUT2D eigenvalue weighted by molar-refractivity contribution is 7.47. The van der Waals surface area contributed by atoms with Gasteiger partial charge in [-0.2, -0.15) is 0 Å². The molecule has 358 valence electrons. The number of unbranched alkanes of at least 4 members (excludes halogenated alkanes) is 7. The van der Waals surface area contributed by atoms with Crippen molar-refractivity contribution < 1.29 is 73.3 Å². The molecule has 0 spiro atoms. The normalized spacial score (nSPS) is 23.7. The van der Waals surface area contributed by atoms with E-state index in [1.165, 1.54) is 0 Å². The molecule has 3 unspecified atom stereocenters. The first-order valence-electron chi connectivity index (χ1n) is 22.3. The summed E-state index contributed by atoms with van der Waals surface area (Å²) < 4.78 is 33.3. The standard InChI is InChI=1S/C47H75O15P/c1-3-5-7-8-9-10-11-12-13-14-18-21-27-33-40(50)59-35-39(36-60-63(57,58)62-47-45(55)43(53)42(52)44(54)46(47)56)61-41(51)34-28-22-26-32-38(49)31-25-20-17-15-16-19-24-30-37(48)29-23-6-4-2/h6-8,10-11,16-17,19-20,23-26,30-32,37-39,42-49,52-56H,3-5,9,12-15,18,21-22,27-29,33-36H2,1-2H3,(H,57,58)/b8-7-,11-10-,19-16-,20-17-,23-6-,30-24+,31-25+,32-26-/t37-,38-,39+,42?,43-,44+,45+,46+,47?/m0/s1. The van der Waals surface area contributed by atoms with Crippen LogP contribution in [-0.2, 0) is 32.7 Å². The molecule has 0 aromatic carbocycles. The van der Waals surface area contributed by atoms with Crippen LogP contribution >= 0.6 is 7.82 Å². The second kappa shape index (κ2) is 36.0. The maximum Gasteiger partial charge on any atom is 0.472 e. The Morgan fingerprint density at radius 2 is 1.19 bits per heavy atom. The molecule has 63 heavy (non-hydrogen) atoms. The van der Waals surface area contributed by atoms with E-state index < -0.39 is 87.9 Å². The Kier molecular flexibility index (Phi) is 32.9. The first-order valence-corrected chi connectivity index (χ1v) is 23.8. The second-order valence-electron chi connectivity index (χ2n) is 15.2. The average Bonchev–Trinajstić information content (AvgIpc) is 3.25. The van der Waals surface area contributed by atoms with Gasteiger partial charge in [0.25, 0.3) is 0 Å². The Hall–Kier alpha value is -3.31. The number of aliphatic hydroxyl groups is 7. The Labute approximate surface area is 374 Å². The SMILES string of the molecule is CC/C=C\C[C@H](O)/C=C/C=C\C/C=C\C=C\[C@H](O)/C=C\CCCC(=O)O[C@H](COC(=O)CCCCCCC/C=C\C/C=C\CCC)COP(=O)(O)OC1[C@H](O)[C@H](O)C(O)[C@H](O)[C@H]1O. The lowest BCUT2D eigenvalue weighted by Crippen LogP contribution is -2.64. The van der Waals surface area contributed by atoms with Gasteiger partial charge in [-0.25, -0.2) is 4.57 Å². The zero-order valence-corrected chi connectivity index (χ0v) is 37.9. The van der Waals surface area contributed by atoms with E-state index in [9.17, 15) is 54.8 Å². The maximum atomic E-state index is 12.8. The third-order valence-corrected chi connectivity index (χ3v) is 10.6. The van der Waals surface area contributed by atoms with E-state index in [0.29, 0.717) is 32.1 Å². The quantitative estimate of drug-likeness (QED) is 0.0117. The van der Waals surface area contributed by atoms with E-state index in [2.05, 4.69) is 31.2 Å². The largest absolute Gasteiger partial charge is 0.472 e. The summed E-state index contributed by atoms with van der Waals surface area (Å²) in [5.41, 5.74) is 0. The van der Waals surface area contributed by atoms with Gasteiger partial charge in [-0.15, -0.1) is 0 Å². The smallest absolute Gasteiger partial charge is 0.462 e. The van der Waals surface area contributed by atoms with Crippen molar-refractivity contribution in [1.82, 2.24) is 0 Å². The predicted octanol–water partition coefficient (Wildman–Crippen LogP) is 6.21. The molecule has 0 radical (unpaired) electrons. The molecule has 1 fully saturated rings. The van der Waals surface area contributed by atoms with Crippen LogP contribution < -0.4 is 0 Å². The van der Waals surface area contributed by atoms with Crippen LogP contribution in [0.5, 0.6) is 0 Å². The van der Waals surface area contributed by atoms with Crippen molar-refractivity contribution in [3.05, 3.63) is 97.2 Å². The molecule has 0 aliphatic heterocycles. The van der Waals surface area contributed by atoms with E-state index in [1.807, 2.05) is 37.3 Å². The summed E-state index contributed by atoms with van der Waals surface area (Å²) in [7, 11) is -5.18. The Balaban J connectivity index is 2.61. The van der Waals surface area contributed by atoms with Crippen LogP contribution in [0.3, 0.4) is 0 Å². The first kappa shape index (κ1) is 57.7. The zero-order valence-electron chi connectivity index (χ0n) is 37.0. The van der Waals surface area contributed by atoms with Gasteiger partial charge in [0.15, 0.2) is 6.10 Å². The molecule has 0 amide bonds. The van der Waals surface area contributed by atoms with Gasteiger partial charge >= 0.3 is 19.8 Å². The van der Waals surface area contributed by atoms with Crippen molar-refractivity contribution in [3.8, 4) is 0 Å². The lowest BCUT2D eigenvalue weighted by molar-refractivity contribution is -0.220. The summed E-state index contributed by atoms with van der Waals surface area (Å²) in [6, 6.07) is 0. The number of esters is 2. The van der Waals surface area contributed by atoms with E-state index in [0.717, 1.165) is 57.8 Å². The fourth-order valence-corrected chi connectivity index (χ4v) is 6.92. The van der Waals surface area contributed by atoms with Crippen LogP contribution in [0.1, 0.15) is 117 Å². The van der Waals surface area contributed by atoms with Crippen molar-refractivity contribution in [1.29, 1.82) is 0 Å². The fourth-order valence-electron chi connectivity index (χ4n) is 5.95. The lowest BCUT2D eigenvalue weighted by Gasteiger charge is -2.41. The van der Waals surface area contributed by atoms with Gasteiger partial charge < -0.3 is 50.1 Å². The molecule has 1 aliphatic rings. The number of phosphoric ester groups is 1. The van der Waals surface area contributed by atoms with Crippen LogP contribution in [0.25, 0.3) is 0 Å². The molecule has 15 nitrogen and oxygen atoms in total. The third kappa shape index (κ3) is 29.0. The molecular weight excluding hydrogens is 835 g/mol. The number of hydrogen-bond acceptors (Lipinski definition) is 14. The molecule has 10 atom stereocenters. The zero-order chi connectivity index (χ0) is 46.7. The summed E-state index contributed by atoms with van der Waals surface area (Å²) in [5, 5.41) is 70.1. The average molecular weight is 911 g/mol. The number of phosphoric acid groups is 1. The highest BCUT2D eigenvalue weighted by atomic mass is 31.2. The molecule has 0 heterocycles. The van der Waals surface area contributed by atoms with Gasteiger partial charge in [0.1, 0.15) is 43.2 Å². The highest BCUT2D eigenvalue weighted by Gasteiger charge is 2.51. The number of carbonyl (C=O) groups is 2. The summed E-state index contributed by atoms with van der Waals surface area (Å²) in [4.78, 5) is 35.6. The molecule has 8 N–H and O–H groups in total. The minimum atomic E-state index is -5.18. The van der Waals surface area contributed by atoms with Crippen LogP contribution in [0.15, 0.2) is 97.2 Å². The first-order chi connectivity index (χ1) is 30.2. The van der Waals surface area contributed by atoms with E-state index in [1.54, 1.807) is 42.5 Å². The molecule has 0 aromatic heterocycles. The fraction of sp³-hybridized carbons (Fsp3) is 0.617. The van der Waals surface area contributed by atoms with Crippen LogP contribution in [0.2, 0.25) is 0 Å². The molecule has 1 aliphatic carbocycles. The van der Waals surface area contributed by atoms with Crippen molar-refractivity contribution >= 4 is 19.8 Å². The Bertz CT molecular complexity index is 1500. The minimum Gasteiger partial charge on any atom is -0.462 e. The monoisotopic (exact) mass is 910 g/mol. The number of ether oxygens (including phenoxy) is 2. The van der Waals surface area contributed by atoms with Crippen LogP contribution in [-0.4, -0.2) is 121 Å². The number of aliphatic hydroxyl groups excluding tert-OH is 7. The van der Waals surface area contributed by atoms with E-state index in [4.69, 9.17) is 18.5 Å². The van der Waals surface area contributed by atoms with Crippen molar-refractivity contribution in [3.63, 3.8) is 0 Å². The number of rotatable bonds is 34. The lowest BCUT2D eigenvalue weighted by atomic mass is 9.85. The highest BCUT2D eigenvalue weighted by Crippen LogP contribution is 2.47. The summed E-state index contributed by atoms with van der Waals surface area (Å²) in [5.74, 6) is -1.31. The summed E-state index contributed by atoms with van der Waals surface area (Å²) in [6.07, 6.45) is 26.7. The topological polar surface area (TPSA) is 250 Å². The van der Waals surface area contributed by atoms with Gasteiger partial charge in [0.05, 0.1) is 18.8 Å². The Morgan fingerprint density at radius 1 is 0.603 bits per heavy atom. The van der Waals surface area contributed by atoms with Gasteiger partial charge in [-0.1, -0.05) is 137 Å². The third-order valence-electron chi connectivity index (χ3n) is 9.57. The molecule has 0 saturated heterocycles. The van der Waals surface area contributed by atoms with Crippen molar-refractivity contribution in [2.75, 3.05) is 13.2 Å². The number of hydrogen-bond donors (Lipinski definition) is 8. The number of carbonyl (C=O) groups excluding carboxylic acids is 2. The van der Waals surface area contributed by atoms with Gasteiger partial charge in [0.2, 0.25) is 0 Å². The minimum absolute atomic E-state index is 0.0985. The second-order valence-corrected chi connectivity index (χ2v) is 16.6.